The summed E-state index contributed by atoms with van der Waals surface area (Å²) in [4.78, 5) is 0. The van der Waals surface area contributed by atoms with E-state index >= 15 is 0 Å². The van der Waals surface area contributed by atoms with Crippen LogP contribution < -0.4 is 9.47 Å². The van der Waals surface area contributed by atoms with Crippen molar-refractivity contribution in [1.82, 2.24) is 0 Å². The van der Waals surface area contributed by atoms with Crippen molar-refractivity contribution in [3.8, 4) is 11.5 Å². The second-order valence-electron chi connectivity index (χ2n) is 20.0. The average molecular weight is 951 g/mol. The van der Waals surface area contributed by atoms with Crippen LogP contribution in [-0.4, -0.2) is 26.4 Å². The maximum absolute atomic E-state index is 15.0. The van der Waals surface area contributed by atoms with Gasteiger partial charge < -0.3 is 18.5 Å². The van der Waals surface area contributed by atoms with Crippen LogP contribution >= 0.6 is 8.25 Å². The monoisotopic (exact) mass is 951 g/mol. The van der Waals surface area contributed by atoms with Crippen molar-refractivity contribution in [2.75, 3.05) is 26.4 Å². The van der Waals surface area contributed by atoms with E-state index in [1.54, 1.807) is 24.3 Å². The van der Waals surface area contributed by atoms with E-state index in [4.69, 9.17) is 18.5 Å². The standard InChI is InChI=1S/C56H91F4O5P/c1-3-5-21-27-45-29-33-47(34-30-45)49-37-39-51(55(59)53(49)57)62-41-23-17-13-9-7-11-15-19-25-43-64-66(61)65-44-26-20-16-12-8-10-14-18-24-42-63-52-40-38-50(54(58)56(52)60)48-35-31-46(32-36-48)28-22-6-4-2/h37-40,45-48,66H,3-36,41-44H2,1-2H3. The molecule has 0 aliphatic heterocycles. The number of rotatable bonds is 38. The summed E-state index contributed by atoms with van der Waals surface area (Å²) in [5.74, 6) is -1.31. The summed E-state index contributed by atoms with van der Waals surface area (Å²) in [5, 5.41) is 0. The van der Waals surface area contributed by atoms with Gasteiger partial charge in [0.05, 0.1) is 26.4 Å². The lowest BCUT2D eigenvalue weighted by Gasteiger charge is -2.29. The maximum atomic E-state index is 15.0. The van der Waals surface area contributed by atoms with Crippen LogP contribution in [0.5, 0.6) is 11.5 Å². The SMILES string of the molecule is CCCCCC1CCC(c2ccc(OCCCCCCCCCCCO[PH](=O)OCCCCCCCCCCCOc3ccc(C4CCC(CCCCC)CC4)c(F)c3F)c(F)c2F)CC1. The van der Waals surface area contributed by atoms with E-state index in [0.717, 1.165) is 166 Å². The van der Waals surface area contributed by atoms with E-state index in [2.05, 4.69) is 13.8 Å². The molecule has 2 aromatic rings. The van der Waals surface area contributed by atoms with Crippen molar-refractivity contribution in [3.05, 3.63) is 58.7 Å². The van der Waals surface area contributed by atoms with Gasteiger partial charge in [-0.2, -0.15) is 8.78 Å². The molecule has 0 spiro atoms. The molecule has 2 aliphatic rings. The molecule has 4 rings (SSSR count). The van der Waals surface area contributed by atoms with E-state index in [-0.39, 0.29) is 23.3 Å². The second-order valence-corrected chi connectivity index (χ2v) is 21.1. The average Bonchev–Trinajstić information content (AvgIpc) is 3.33. The summed E-state index contributed by atoms with van der Waals surface area (Å²) in [5.41, 5.74) is 1.05. The largest absolute Gasteiger partial charge is 0.490 e. The molecule has 2 aromatic carbocycles. The van der Waals surface area contributed by atoms with E-state index in [9.17, 15) is 22.1 Å². The molecule has 0 radical (unpaired) electrons. The topological polar surface area (TPSA) is 54.0 Å². The van der Waals surface area contributed by atoms with Crippen LogP contribution in [0.25, 0.3) is 0 Å². The highest BCUT2D eigenvalue weighted by Gasteiger charge is 2.28. The zero-order chi connectivity index (χ0) is 47.0. The molecule has 0 N–H and O–H groups in total. The fourth-order valence-corrected chi connectivity index (χ4v) is 11.1. The first-order valence-corrected chi connectivity index (χ1v) is 28.6. The Bertz CT molecular complexity index is 1460. The Kier molecular flexibility index (Phi) is 30.0. The highest BCUT2D eigenvalue weighted by atomic mass is 31.1. The Labute approximate surface area is 400 Å². The minimum Gasteiger partial charge on any atom is -0.490 e. The molecule has 0 saturated heterocycles. The molecule has 0 unspecified atom stereocenters. The third kappa shape index (κ3) is 22.1. The van der Waals surface area contributed by atoms with E-state index in [1.165, 1.54) is 64.2 Å². The first kappa shape index (κ1) is 56.5. The molecule has 0 aromatic heterocycles. The number of halogens is 4. The van der Waals surface area contributed by atoms with Gasteiger partial charge >= 0.3 is 8.25 Å². The first-order chi connectivity index (χ1) is 32.3. The molecule has 378 valence electrons. The normalized spacial score (nSPS) is 19.3. The summed E-state index contributed by atoms with van der Waals surface area (Å²) in [7, 11) is -2.43. The predicted octanol–water partition coefficient (Wildman–Crippen LogP) is 18.9. The van der Waals surface area contributed by atoms with Crippen molar-refractivity contribution in [1.29, 1.82) is 0 Å². The Morgan fingerprint density at radius 1 is 0.409 bits per heavy atom. The van der Waals surface area contributed by atoms with Crippen molar-refractivity contribution < 1.29 is 40.6 Å². The molecule has 10 heteroatoms. The minimum absolute atomic E-state index is 0.0363. The molecule has 0 heterocycles. The third-order valence-corrected chi connectivity index (χ3v) is 15.6. The Morgan fingerprint density at radius 2 is 0.727 bits per heavy atom. The molecule has 2 saturated carbocycles. The van der Waals surface area contributed by atoms with Gasteiger partial charge in [0, 0.05) is 0 Å². The van der Waals surface area contributed by atoms with E-state index < -0.39 is 31.5 Å². The van der Waals surface area contributed by atoms with Gasteiger partial charge in [-0.3, -0.25) is 4.57 Å². The smallest absolute Gasteiger partial charge is 0.319 e. The van der Waals surface area contributed by atoms with Crippen LogP contribution in [0.1, 0.15) is 255 Å². The number of hydrogen-bond acceptors (Lipinski definition) is 5. The van der Waals surface area contributed by atoms with Gasteiger partial charge in [0.15, 0.2) is 23.1 Å². The number of benzene rings is 2. The molecule has 5 nitrogen and oxygen atoms in total. The van der Waals surface area contributed by atoms with Gasteiger partial charge in [0.1, 0.15) is 0 Å². The predicted molar refractivity (Wildman–Crippen MR) is 265 cm³/mol. The Balaban J connectivity index is 0.864. The van der Waals surface area contributed by atoms with Crippen LogP contribution in [0, 0.1) is 35.1 Å². The summed E-state index contributed by atoms with van der Waals surface area (Å²) < 4.78 is 94.0. The molecule has 2 fully saturated rings. The summed E-state index contributed by atoms with van der Waals surface area (Å²) in [6, 6.07) is 6.76. The minimum atomic E-state index is -2.43. The molecular weight excluding hydrogens is 860 g/mol. The summed E-state index contributed by atoms with van der Waals surface area (Å²) in [6.07, 6.45) is 37.3. The fraction of sp³-hybridized carbons (Fsp3) is 0.786. The Hall–Kier alpha value is -2.09. The number of hydrogen-bond donors (Lipinski definition) is 0. The lowest BCUT2D eigenvalue weighted by Crippen LogP contribution is -2.15. The first-order valence-electron chi connectivity index (χ1n) is 27.3. The summed E-state index contributed by atoms with van der Waals surface area (Å²) in [6.45, 7) is 6.20. The van der Waals surface area contributed by atoms with E-state index in [0.29, 0.717) is 37.6 Å². The van der Waals surface area contributed by atoms with Gasteiger partial charge in [-0.05, 0) is 124 Å². The Morgan fingerprint density at radius 3 is 1.06 bits per heavy atom. The van der Waals surface area contributed by atoms with Gasteiger partial charge in [0.25, 0.3) is 0 Å². The van der Waals surface area contributed by atoms with Crippen LogP contribution in [0.2, 0.25) is 0 Å². The van der Waals surface area contributed by atoms with Crippen molar-refractivity contribution in [2.24, 2.45) is 11.8 Å². The molecule has 0 atom stereocenters. The molecule has 0 bridgehead atoms. The number of unbranched alkanes of at least 4 members (excludes halogenated alkanes) is 20. The third-order valence-electron chi connectivity index (χ3n) is 14.7. The molecule has 66 heavy (non-hydrogen) atoms. The lowest BCUT2D eigenvalue weighted by molar-refractivity contribution is 0.218. The zero-order valence-electron chi connectivity index (χ0n) is 41.5. The maximum Gasteiger partial charge on any atom is 0.319 e. The highest BCUT2D eigenvalue weighted by molar-refractivity contribution is 7.33. The van der Waals surface area contributed by atoms with Gasteiger partial charge in [0.2, 0.25) is 11.6 Å². The van der Waals surface area contributed by atoms with Crippen LogP contribution in [0.4, 0.5) is 17.6 Å². The van der Waals surface area contributed by atoms with Crippen molar-refractivity contribution >= 4 is 8.25 Å². The van der Waals surface area contributed by atoms with Crippen molar-refractivity contribution in [3.63, 3.8) is 0 Å². The zero-order valence-corrected chi connectivity index (χ0v) is 42.5. The van der Waals surface area contributed by atoms with Crippen molar-refractivity contribution in [2.45, 2.75) is 244 Å². The van der Waals surface area contributed by atoms with Gasteiger partial charge in [-0.15, -0.1) is 0 Å². The van der Waals surface area contributed by atoms with Crippen LogP contribution in [0.3, 0.4) is 0 Å². The second kappa shape index (κ2) is 35.1. The quantitative estimate of drug-likeness (QED) is 0.0381. The molecule has 0 amide bonds. The molecular formula is C56H91F4O5P. The van der Waals surface area contributed by atoms with Gasteiger partial charge in [-0.25, -0.2) is 8.78 Å². The lowest BCUT2D eigenvalue weighted by atomic mass is 9.77. The van der Waals surface area contributed by atoms with Crippen LogP contribution in [-0.2, 0) is 13.6 Å². The van der Waals surface area contributed by atoms with E-state index in [1.807, 2.05) is 0 Å². The molecule has 2 aliphatic carbocycles. The highest BCUT2D eigenvalue weighted by Crippen LogP contribution is 2.42. The fourth-order valence-electron chi connectivity index (χ4n) is 10.4. The van der Waals surface area contributed by atoms with Crippen LogP contribution in [0.15, 0.2) is 24.3 Å². The number of ether oxygens (including phenoxy) is 2. The summed E-state index contributed by atoms with van der Waals surface area (Å²) >= 11 is 0. The van der Waals surface area contributed by atoms with Gasteiger partial charge in [-0.1, -0.05) is 167 Å².